The Morgan fingerprint density at radius 3 is 2.57 bits per heavy atom. The van der Waals surface area contributed by atoms with Gasteiger partial charge in [-0.3, -0.25) is 4.79 Å². The van der Waals surface area contributed by atoms with Gasteiger partial charge in [0.05, 0.1) is 19.3 Å². The fourth-order valence-corrected chi connectivity index (χ4v) is 1.99. The van der Waals surface area contributed by atoms with Gasteiger partial charge >= 0.3 is 5.97 Å². The van der Waals surface area contributed by atoms with Crippen LogP contribution in [0.4, 0.5) is 0 Å². The summed E-state index contributed by atoms with van der Waals surface area (Å²) in [6, 6.07) is 0. The standard InChI is InChI=1S/C15H31NO5/c1-5-7-16-15(3,14(17)18)12-13(2)21-11-10-20-9-6-8-19-4/h13,16H,5-12H2,1-4H3,(H,17,18). The number of carbonyl (C=O) groups is 1. The van der Waals surface area contributed by atoms with Crippen LogP contribution in [-0.4, -0.2) is 62.8 Å². The second kappa shape index (κ2) is 11.9. The molecule has 0 aliphatic carbocycles. The third-order valence-electron chi connectivity index (χ3n) is 3.20. The van der Waals surface area contributed by atoms with E-state index in [9.17, 15) is 9.90 Å². The maximum atomic E-state index is 11.4. The van der Waals surface area contributed by atoms with E-state index >= 15 is 0 Å². The molecule has 0 bridgehead atoms. The summed E-state index contributed by atoms with van der Waals surface area (Å²) in [6.07, 6.45) is 2.04. The zero-order chi connectivity index (χ0) is 16.1. The summed E-state index contributed by atoms with van der Waals surface area (Å²) in [7, 11) is 1.66. The van der Waals surface area contributed by atoms with Crippen LogP contribution in [0.15, 0.2) is 0 Å². The molecule has 21 heavy (non-hydrogen) atoms. The van der Waals surface area contributed by atoms with Gasteiger partial charge in [-0.05, 0) is 33.2 Å². The van der Waals surface area contributed by atoms with E-state index in [1.807, 2.05) is 13.8 Å². The normalized spacial score (nSPS) is 15.6. The number of hydrogen-bond donors (Lipinski definition) is 2. The molecular formula is C15H31NO5. The lowest BCUT2D eigenvalue weighted by Gasteiger charge is -2.29. The summed E-state index contributed by atoms with van der Waals surface area (Å²) in [6.45, 7) is 8.60. The van der Waals surface area contributed by atoms with Gasteiger partial charge in [0.25, 0.3) is 0 Å². The summed E-state index contributed by atoms with van der Waals surface area (Å²) in [5.41, 5.74) is -0.950. The highest BCUT2D eigenvalue weighted by Gasteiger charge is 2.34. The average molecular weight is 305 g/mol. The minimum absolute atomic E-state index is 0.141. The van der Waals surface area contributed by atoms with Crippen LogP contribution in [0.2, 0.25) is 0 Å². The van der Waals surface area contributed by atoms with Gasteiger partial charge < -0.3 is 24.6 Å². The molecule has 0 saturated carbocycles. The van der Waals surface area contributed by atoms with Crippen LogP contribution in [0.5, 0.6) is 0 Å². The van der Waals surface area contributed by atoms with Crippen LogP contribution in [0.25, 0.3) is 0 Å². The van der Waals surface area contributed by atoms with Crippen molar-refractivity contribution in [2.24, 2.45) is 0 Å². The van der Waals surface area contributed by atoms with Crippen LogP contribution < -0.4 is 5.32 Å². The van der Waals surface area contributed by atoms with Crippen molar-refractivity contribution in [2.45, 2.75) is 51.7 Å². The second-order valence-corrected chi connectivity index (χ2v) is 5.41. The number of methoxy groups -OCH3 is 1. The van der Waals surface area contributed by atoms with Gasteiger partial charge in [-0.25, -0.2) is 0 Å². The Balaban J connectivity index is 3.88. The van der Waals surface area contributed by atoms with Gasteiger partial charge in [-0.2, -0.15) is 0 Å². The highest BCUT2D eigenvalue weighted by Crippen LogP contribution is 2.15. The monoisotopic (exact) mass is 305 g/mol. The predicted octanol–water partition coefficient (Wildman–Crippen LogP) is 1.68. The van der Waals surface area contributed by atoms with Crippen molar-refractivity contribution in [3.63, 3.8) is 0 Å². The number of aliphatic carboxylic acids is 1. The number of rotatable bonds is 14. The Hall–Kier alpha value is -0.690. The van der Waals surface area contributed by atoms with E-state index in [2.05, 4.69) is 5.32 Å². The molecule has 0 heterocycles. The molecular weight excluding hydrogens is 274 g/mol. The molecule has 0 radical (unpaired) electrons. The van der Waals surface area contributed by atoms with Crippen LogP contribution in [0, 0.1) is 0 Å². The first kappa shape index (κ1) is 20.3. The number of nitrogens with one attached hydrogen (secondary N) is 1. The summed E-state index contributed by atoms with van der Waals surface area (Å²) < 4.78 is 15.9. The van der Waals surface area contributed by atoms with Gasteiger partial charge in [-0.15, -0.1) is 0 Å². The Morgan fingerprint density at radius 1 is 1.29 bits per heavy atom. The van der Waals surface area contributed by atoms with Gasteiger partial charge in [-0.1, -0.05) is 6.92 Å². The maximum absolute atomic E-state index is 11.4. The molecule has 0 fully saturated rings. The van der Waals surface area contributed by atoms with E-state index in [-0.39, 0.29) is 6.10 Å². The van der Waals surface area contributed by atoms with E-state index in [4.69, 9.17) is 14.2 Å². The lowest BCUT2D eigenvalue weighted by atomic mass is 9.94. The molecule has 0 saturated heterocycles. The number of ether oxygens (including phenoxy) is 3. The first-order chi connectivity index (χ1) is 9.96. The molecule has 2 atom stereocenters. The molecule has 0 rings (SSSR count). The molecule has 2 N–H and O–H groups in total. The minimum Gasteiger partial charge on any atom is -0.480 e. The van der Waals surface area contributed by atoms with E-state index in [1.165, 1.54) is 0 Å². The first-order valence-electron chi connectivity index (χ1n) is 7.63. The Kier molecular flexibility index (Phi) is 11.5. The average Bonchev–Trinajstić information content (AvgIpc) is 2.44. The minimum atomic E-state index is -0.950. The van der Waals surface area contributed by atoms with E-state index in [0.717, 1.165) is 12.8 Å². The first-order valence-corrected chi connectivity index (χ1v) is 7.63. The smallest absolute Gasteiger partial charge is 0.323 e. The third-order valence-corrected chi connectivity index (χ3v) is 3.20. The highest BCUT2D eigenvalue weighted by molar-refractivity contribution is 5.78. The van der Waals surface area contributed by atoms with Crippen LogP contribution >= 0.6 is 0 Å². The topological polar surface area (TPSA) is 77.0 Å². The SMILES string of the molecule is CCCNC(C)(CC(C)OCCOCCCOC)C(=O)O. The number of carboxylic acid groups (broad SMARTS) is 1. The van der Waals surface area contributed by atoms with Crippen molar-refractivity contribution >= 4 is 5.97 Å². The maximum Gasteiger partial charge on any atom is 0.323 e. The fourth-order valence-electron chi connectivity index (χ4n) is 1.99. The zero-order valence-corrected chi connectivity index (χ0v) is 13.8. The van der Waals surface area contributed by atoms with Crippen molar-refractivity contribution in [1.29, 1.82) is 0 Å². The van der Waals surface area contributed by atoms with E-state index in [0.29, 0.717) is 39.4 Å². The highest BCUT2D eigenvalue weighted by atomic mass is 16.5. The number of carboxylic acids is 1. The lowest BCUT2D eigenvalue weighted by Crippen LogP contribution is -2.51. The Bertz CT molecular complexity index is 275. The molecule has 0 aromatic heterocycles. The van der Waals surface area contributed by atoms with Crippen LogP contribution in [-0.2, 0) is 19.0 Å². The molecule has 0 amide bonds. The summed E-state index contributed by atoms with van der Waals surface area (Å²) in [4.78, 5) is 11.4. The summed E-state index contributed by atoms with van der Waals surface area (Å²) >= 11 is 0. The van der Waals surface area contributed by atoms with Crippen molar-refractivity contribution in [3.05, 3.63) is 0 Å². The van der Waals surface area contributed by atoms with Gasteiger partial charge in [0.1, 0.15) is 5.54 Å². The van der Waals surface area contributed by atoms with Gasteiger partial charge in [0, 0.05) is 26.7 Å². The largest absolute Gasteiger partial charge is 0.480 e. The molecule has 0 aromatic rings. The third kappa shape index (κ3) is 9.79. The Labute approximate surface area is 128 Å². The second-order valence-electron chi connectivity index (χ2n) is 5.41. The summed E-state index contributed by atoms with van der Waals surface area (Å²) in [5, 5.41) is 12.4. The van der Waals surface area contributed by atoms with Crippen molar-refractivity contribution in [2.75, 3.05) is 40.1 Å². The van der Waals surface area contributed by atoms with Gasteiger partial charge in [0.15, 0.2) is 0 Å². The van der Waals surface area contributed by atoms with Gasteiger partial charge in [0.2, 0.25) is 0 Å². The molecule has 0 aromatic carbocycles. The molecule has 0 aliphatic rings. The predicted molar refractivity (Wildman–Crippen MR) is 81.7 cm³/mol. The molecule has 0 aliphatic heterocycles. The molecule has 2 unspecified atom stereocenters. The molecule has 6 nitrogen and oxygen atoms in total. The van der Waals surface area contributed by atoms with Crippen molar-refractivity contribution < 1.29 is 24.1 Å². The van der Waals surface area contributed by atoms with Crippen LogP contribution in [0.1, 0.15) is 40.0 Å². The van der Waals surface area contributed by atoms with Crippen molar-refractivity contribution in [3.8, 4) is 0 Å². The van der Waals surface area contributed by atoms with Crippen molar-refractivity contribution in [1.82, 2.24) is 5.32 Å². The Morgan fingerprint density at radius 2 is 2.00 bits per heavy atom. The lowest BCUT2D eigenvalue weighted by molar-refractivity contribution is -0.146. The molecule has 6 heteroatoms. The van der Waals surface area contributed by atoms with Crippen LogP contribution in [0.3, 0.4) is 0 Å². The van der Waals surface area contributed by atoms with E-state index < -0.39 is 11.5 Å². The fraction of sp³-hybridized carbons (Fsp3) is 0.933. The summed E-state index contributed by atoms with van der Waals surface area (Å²) in [5.74, 6) is -0.845. The molecule has 126 valence electrons. The van der Waals surface area contributed by atoms with E-state index in [1.54, 1.807) is 14.0 Å². The quantitative estimate of drug-likeness (QED) is 0.476. The number of hydrogen-bond acceptors (Lipinski definition) is 5. The molecule has 0 spiro atoms. The zero-order valence-electron chi connectivity index (χ0n) is 13.8.